The minimum absolute atomic E-state index is 0.0219. The molecular formula is C27H23N3O2. The van der Waals surface area contributed by atoms with E-state index < -0.39 is 0 Å². The molecular weight excluding hydrogens is 398 g/mol. The van der Waals surface area contributed by atoms with Crippen LogP contribution in [0.25, 0.3) is 21.8 Å². The quantitative estimate of drug-likeness (QED) is 0.367. The topological polar surface area (TPSA) is 47.4 Å². The molecule has 0 aliphatic carbocycles. The standard InChI is InChI=1S/C27H23N3O2/c1-29(22-11-3-2-4-12-22)27(31)18-30-25-14-8-7-13-24(25)28-26(30)19-32-23-16-15-20-9-5-6-10-21(20)17-23/h2-17H,18-19H2,1H3. The summed E-state index contributed by atoms with van der Waals surface area (Å²) in [6.07, 6.45) is 0. The van der Waals surface area contributed by atoms with E-state index in [1.165, 1.54) is 5.39 Å². The highest BCUT2D eigenvalue weighted by Crippen LogP contribution is 2.23. The van der Waals surface area contributed by atoms with Crippen LogP contribution in [0.5, 0.6) is 5.75 Å². The van der Waals surface area contributed by atoms with Crippen molar-refractivity contribution in [1.29, 1.82) is 0 Å². The number of likely N-dealkylation sites (N-methyl/N-ethyl adjacent to an activating group) is 1. The van der Waals surface area contributed by atoms with E-state index in [4.69, 9.17) is 9.72 Å². The summed E-state index contributed by atoms with van der Waals surface area (Å²) in [5, 5.41) is 2.29. The van der Waals surface area contributed by atoms with Gasteiger partial charge in [-0.3, -0.25) is 4.79 Å². The lowest BCUT2D eigenvalue weighted by molar-refractivity contribution is -0.118. The second-order valence-electron chi connectivity index (χ2n) is 7.69. The van der Waals surface area contributed by atoms with Crippen LogP contribution in [0.1, 0.15) is 5.82 Å². The van der Waals surface area contributed by atoms with E-state index in [9.17, 15) is 4.79 Å². The van der Waals surface area contributed by atoms with Gasteiger partial charge in [-0.1, -0.05) is 60.7 Å². The van der Waals surface area contributed by atoms with Crippen LogP contribution in [0.2, 0.25) is 0 Å². The number of hydrogen-bond acceptors (Lipinski definition) is 3. The molecule has 5 nitrogen and oxygen atoms in total. The second-order valence-corrected chi connectivity index (χ2v) is 7.69. The Balaban J connectivity index is 1.41. The van der Waals surface area contributed by atoms with Crippen molar-refractivity contribution in [2.24, 2.45) is 0 Å². The summed E-state index contributed by atoms with van der Waals surface area (Å²) in [5.41, 5.74) is 2.62. The maximum absolute atomic E-state index is 13.1. The number of anilines is 1. The molecule has 4 aromatic carbocycles. The molecule has 5 rings (SSSR count). The first-order chi connectivity index (χ1) is 15.7. The molecule has 0 aliphatic rings. The minimum Gasteiger partial charge on any atom is -0.486 e. The smallest absolute Gasteiger partial charge is 0.246 e. The van der Waals surface area contributed by atoms with Gasteiger partial charge in [-0.25, -0.2) is 4.98 Å². The third kappa shape index (κ3) is 3.93. The number of benzene rings is 4. The van der Waals surface area contributed by atoms with Crippen LogP contribution in [-0.2, 0) is 17.9 Å². The van der Waals surface area contributed by atoms with Gasteiger partial charge in [-0.05, 0) is 47.2 Å². The number of aromatic nitrogens is 2. The summed E-state index contributed by atoms with van der Waals surface area (Å²) < 4.78 is 8.03. The van der Waals surface area contributed by atoms with Crippen molar-refractivity contribution in [2.45, 2.75) is 13.2 Å². The van der Waals surface area contributed by atoms with Crippen molar-refractivity contribution in [3.05, 3.63) is 103 Å². The summed E-state index contributed by atoms with van der Waals surface area (Å²) >= 11 is 0. The summed E-state index contributed by atoms with van der Waals surface area (Å²) in [7, 11) is 1.79. The third-order valence-corrected chi connectivity index (χ3v) is 5.63. The first-order valence-electron chi connectivity index (χ1n) is 10.6. The van der Waals surface area contributed by atoms with Crippen LogP contribution >= 0.6 is 0 Å². The Morgan fingerprint density at radius 2 is 1.59 bits per heavy atom. The van der Waals surface area contributed by atoms with E-state index in [2.05, 4.69) is 12.1 Å². The van der Waals surface area contributed by atoms with E-state index in [1.54, 1.807) is 11.9 Å². The third-order valence-electron chi connectivity index (χ3n) is 5.63. The number of hydrogen-bond donors (Lipinski definition) is 0. The Kier molecular flexibility index (Phi) is 5.30. The molecule has 0 N–H and O–H groups in total. The molecule has 0 aliphatic heterocycles. The molecule has 5 aromatic rings. The van der Waals surface area contributed by atoms with Gasteiger partial charge < -0.3 is 14.2 Å². The van der Waals surface area contributed by atoms with Gasteiger partial charge in [0.05, 0.1) is 11.0 Å². The van der Waals surface area contributed by atoms with E-state index >= 15 is 0 Å². The lowest BCUT2D eigenvalue weighted by Crippen LogP contribution is -2.30. The van der Waals surface area contributed by atoms with Gasteiger partial charge in [-0.15, -0.1) is 0 Å². The fourth-order valence-electron chi connectivity index (χ4n) is 3.85. The number of fused-ring (bicyclic) bond motifs is 2. The van der Waals surface area contributed by atoms with E-state index in [1.807, 2.05) is 89.5 Å². The number of para-hydroxylation sites is 3. The number of carbonyl (C=O) groups is 1. The first-order valence-corrected chi connectivity index (χ1v) is 10.6. The Hall–Kier alpha value is -4.12. The zero-order valence-corrected chi connectivity index (χ0v) is 17.8. The lowest BCUT2D eigenvalue weighted by Gasteiger charge is -2.19. The first kappa shape index (κ1) is 19.8. The molecule has 0 atom stereocenters. The number of ether oxygens (including phenoxy) is 1. The molecule has 0 saturated heterocycles. The van der Waals surface area contributed by atoms with E-state index in [0.29, 0.717) is 5.82 Å². The minimum atomic E-state index is -0.0219. The lowest BCUT2D eigenvalue weighted by atomic mass is 10.1. The Labute approximate surface area is 186 Å². The zero-order chi connectivity index (χ0) is 21.9. The molecule has 0 saturated carbocycles. The molecule has 0 spiro atoms. The summed E-state index contributed by atoms with van der Waals surface area (Å²) in [6, 6.07) is 31.7. The van der Waals surface area contributed by atoms with Crippen LogP contribution in [0.4, 0.5) is 5.69 Å². The van der Waals surface area contributed by atoms with Crippen molar-refractivity contribution in [1.82, 2.24) is 9.55 Å². The van der Waals surface area contributed by atoms with Gasteiger partial charge in [0.2, 0.25) is 5.91 Å². The van der Waals surface area contributed by atoms with Crippen LogP contribution in [0.15, 0.2) is 97.1 Å². The molecule has 0 unspecified atom stereocenters. The summed E-state index contributed by atoms with van der Waals surface area (Å²) in [4.78, 5) is 19.5. The molecule has 1 aromatic heterocycles. The normalized spacial score (nSPS) is 11.0. The van der Waals surface area contributed by atoms with Crippen LogP contribution in [0.3, 0.4) is 0 Å². The molecule has 1 amide bonds. The van der Waals surface area contributed by atoms with Crippen LogP contribution in [-0.4, -0.2) is 22.5 Å². The van der Waals surface area contributed by atoms with Gasteiger partial charge in [0.15, 0.2) is 0 Å². The predicted octanol–water partition coefficient (Wildman–Crippen LogP) is 5.43. The SMILES string of the molecule is CN(C(=O)Cn1c(COc2ccc3ccccc3c2)nc2ccccc21)c1ccccc1. The maximum Gasteiger partial charge on any atom is 0.246 e. The van der Waals surface area contributed by atoms with Crippen molar-refractivity contribution >= 4 is 33.4 Å². The summed E-state index contributed by atoms with van der Waals surface area (Å²) in [5.74, 6) is 1.47. The van der Waals surface area contributed by atoms with Crippen molar-refractivity contribution in [3.63, 3.8) is 0 Å². The Bertz CT molecular complexity index is 1390. The van der Waals surface area contributed by atoms with Gasteiger partial charge in [0.25, 0.3) is 0 Å². The molecule has 5 heteroatoms. The number of nitrogens with zero attached hydrogens (tertiary/aromatic N) is 3. The number of imidazole rings is 1. The average Bonchev–Trinajstić information content (AvgIpc) is 3.20. The van der Waals surface area contributed by atoms with Crippen LogP contribution < -0.4 is 9.64 Å². The molecule has 32 heavy (non-hydrogen) atoms. The molecule has 158 valence electrons. The monoisotopic (exact) mass is 421 g/mol. The highest BCUT2D eigenvalue weighted by atomic mass is 16.5. The number of rotatable bonds is 6. The molecule has 0 fully saturated rings. The van der Waals surface area contributed by atoms with Crippen molar-refractivity contribution in [2.75, 3.05) is 11.9 Å². The number of amides is 1. The summed E-state index contributed by atoms with van der Waals surface area (Å²) in [6.45, 7) is 0.456. The number of carbonyl (C=O) groups excluding carboxylic acids is 1. The van der Waals surface area contributed by atoms with Gasteiger partial charge >= 0.3 is 0 Å². The fourth-order valence-corrected chi connectivity index (χ4v) is 3.85. The van der Waals surface area contributed by atoms with E-state index in [-0.39, 0.29) is 19.1 Å². The highest BCUT2D eigenvalue weighted by Gasteiger charge is 2.17. The second kappa shape index (κ2) is 8.55. The predicted molar refractivity (Wildman–Crippen MR) is 128 cm³/mol. The highest BCUT2D eigenvalue weighted by molar-refractivity contribution is 5.93. The zero-order valence-electron chi connectivity index (χ0n) is 17.8. The van der Waals surface area contributed by atoms with Gasteiger partial charge in [0, 0.05) is 12.7 Å². The fraction of sp³-hybridized carbons (Fsp3) is 0.111. The largest absolute Gasteiger partial charge is 0.486 e. The Morgan fingerprint density at radius 1 is 0.875 bits per heavy atom. The average molecular weight is 422 g/mol. The Morgan fingerprint density at radius 3 is 2.44 bits per heavy atom. The van der Waals surface area contributed by atoms with Crippen LogP contribution in [0, 0.1) is 0 Å². The van der Waals surface area contributed by atoms with Crippen molar-refractivity contribution in [3.8, 4) is 5.75 Å². The van der Waals surface area contributed by atoms with Gasteiger partial charge in [0.1, 0.15) is 24.7 Å². The van der Waals surface area contributed by atoms with Gasteiger partial charge in [-0.2, -0.15) is 0 Å². The maximum atomic E-state index is 13.1. The van der Waals surface area contributed by atoms with Crippen molar-refractivity contribution < 1.29 is 9.53 Å². The molecule has 0 bridgehead atoms. The molecule has 1 heterocycles. The molecule has 0 radical (unpaired) electrons. The van der Waals surface area contributed by atoms with E-state index in [0.717, 1.165) is 27.9 Å².